The second kappa shape index (κ2) is 3.13. The molecule has 1 aromatic rings. The van der Waals surface area contributed by atoms with Crippen LogP contribution in [-0.4, -0.2) is 15.0 Å². The van der Waals surface area contributed by atoms with Crippen molar-refractivity contribution in [2.75, 3.05) is 0 Å². The molecule has 1 N–H and O–H groups in total. The van der Waals surface area contributed by atoms with Crippen LogP contribution in [-0.2, 0) is 6.18 Å². The van der Waals surface area contributed by atoms with Gasteiger partial charge in [-0.2, -0.15) is 13.2 Å². The van der Waals surface area contributed by atoms with E-state index in [1.54, 1.807) is 0 Å². The van der Waals surface area contributed by atoms with E-state index in [9.17, 15) is 23.3 Å². The predicted octanol–water partition coefficient (Wildman–Crippen LogP) is 1.71. The summed E-state index contributed by atoms with van der Waals surface area (Å²) in [7, 11) is 0. The minimum absolute atomic E-state index is 0.255. The van der Waals surface area contributed by atoms with E-state index in [2.05, 4.69) is 4.98 Å². The van der Waals surface area contributed by atoms with Crippen molar-refractivity contribution in [2.45, 2.75) is 6.18 Å². The van der Waals surface area contributed by atoms with Crippen LogP contribution in [0.1, 0.15) is 5.56 Å². The number of pyridine rings is 1. The fourth-order valence-corrected chi connectivity index (χ4v) is 0.742. The highest BCUT2D eigenvalue weighted by atomic mass is 19.4. The minimum Gasteiger partial charge on any atom is -0.501 e. The number of alkyl halides is 3. The molecule has 1 aromatic heterocycles. The Morgan fingerprint density at radius 1 is 1.50 bits per heavy atom. The third kappa shape index (κ3) is 1.90. The second-order valence-electron chi connectivity index (χ2n) is 2.32. The van der Waals surface area contributed by atoms with E-state index >= 15 is 0 Å². The molecule has 0 aliphatic rings. The van der Waals surface area contributed by atoms with Gasteiger partial charge in [-0.3, -0.25) is 0 Å². The van der Waals surface area contributed by atoms with Gasteiger partial charge < -0.3 is 15.2 Å². The summed E-state index contributed by atoms with van der Waals surface area (Å²) >= 11 is 0. The summed E-state index contributed by atoms with van der Waals surface area (Å²) in [5, 5.41) is 18.9. The molecule has 8 heteroatoms. The van der Waals surface area contributed by atoms with Crippen LogP contribution in [0.5, 0.6) is 5.75 Å². The van der Waals surface area contributed by atoms with Crippen molar-refractivity contribution < 1.29 is 23.2 Å². The number of aromatic nitrogens is 1. The lowest BCUT2D eigenvalue weighted by Crippen LogP contribution is -2.06. The second-order valence-corrected chi connectivity index (χ2v) is 2.32. The Hall–Kier alpha value is -1.86. The lowest BCUT2D eigenvalue weighted by Gasteiger charge is -2.04. The van der Waals surface area contributed by atoms with Crippen molar-refractivity contribution in [3.05, 3.63) is 27.9 Å². The van der Waals surface area contributed by atoms with Crippen molar-refractivity contribution in [3.63, 3.8) is 0 Å². The van der Waals surface area contributed by atoms with Gasteiger partial charge in [0.1, 0.15) is 5.56 Å². The van der Waals surface area contributed by atoms with Crippen LogP contribution in [0.3, 0.4) is 0 Å². The molecule has 5 nitrogen and oxygen atoms in total. The van der Waals surface area contributed by atoms with Crippen molar-refractivity contribution >= 4 is 5.82 Å². The molecule has 0 aromatic carbocycles. The molecule has 14 heavy (non-hydrogen) atoms. The zero-order chi connectivity index (χ0) is 10.9. The Kier molecular flexibility index (Phi) is 2.28. The molecule has 0 atom stereocenters. The molecule has 0 saturated carbocycles. The van der Waals surface area contributed by atoms with Gasteiger partial charge in [0, 0.05) is 6.07 Å². The van der Waals surface area contributed by atoms with Gasteiger partial charge in [-0.1, -0.05) is 0 Å². The molecule has 76 valence electrons. The van der Waals surface area contributed by atoms with Gasteiger partial charge in [0.2, 0.25) is 5.75 Å². The lowest BCUT2D eigenvalue weighted by molar-refractivity contribution is -0.390. The summed E-state index contributed by atoms with van der Waals surface area (Å²) in [6, 6.07) is 0.255. The third-order valence-corrected chi connectivity index (χ3v) is 1.35. The Morgan fingerprint density at radius 3 is 2.43 bits per heavy atom. The van der Waals surface area contributed by atoms with Crippen molar-refractivity contribution in [1.29, 1.82) is 0 Å². The molecule has 0 aliphatic carbocycles. The predicted molar refractivity (Wildman–Crippen MR) is 37.6 cm³/mol. The molecule has 0 fully saturated rings. The van der Waals surface area contributed by atoms with E-state index in [0.29, 0.717) is 0 Å². The molecule has 0 aliphatic heterocycles. The smallest absolute Gasteiger partial charge is 0.420 e. The van der Waals surface area contributed by atoms with E-state index in [1.165, 1.54) is 0 Å². The van der Waals surface area contributed by atoms with Gasteiger partial charge in [0.15, 0.2) is 6.20 Å². The third-order valence-electron chi connectivity index (χ3n) is 1.35. The van der Waals surface area contributed by atoms with Gasteiger partial charge in [-0.05, 0) is 9.91 Å². The number of nitrogens with zero attached hydrogens (tertiary/aromatic N) is 2. The normalized spacial score (nSPS) is 11.4. The molecule has 0 radical (unpaired) electrons. The number of halogens is 3. The first-order valence-corrected chi connectivity index (χ1v) is 3.23. The summed E-state index contributed by atoms with van der Waals surface area (Å²) < 4.78 is 35.9. The lowest BCUT2D eigenvalue weighted by atomic mass is 10.2. The quantitative estimate of drug-likeness (QED) is 0.563. The van der Waals surface area contributed by atoms with Gasteiger partial charge >= 0.3 is 12.0 Å². The summed E-state index contributed by atoms with van der Waals surface area (Å²) in [6.07, 6.45) is -4.39. The van der Waals surface area contributed by atoms with E-state index < -0.39 is 28.2 Å². The number of hydrogen-bond donors (Lipinski definition) is 1. The van der Waals surface area contributed by atoms with Crippen LogP contribution in [0.25, 0.3) is 0 Å². The maximum atomic E-state index is 12.0. The van der Waals surface area contributed by atoms with Crippen molar-refractivity contribution in [2.24, 2.45) is 0 Å². The molecule has 0 bridgehead atoms. The Bertz CT molecular complexity index is 377. The standard InChI is InChI=1S/C6H3F3N2O3/c7-6(8,9)3-1-4(12)5(10-2-3)11(13)14/h1-2,12H. The van der Waals surface area contributed by atoms with Gasteiger partial charge in [-0.25, -0.2) is 0 Å². The van der Waals surface area contributed by atoms with Crippen LogP contribution >= 0.6 is 0 Å². The Morgan fingerprint density at radius 2 is 2.07 bits per heavy atom. The van der Waals surface area contributed by atoms with Crippen molar-refractivity contribution in [3.8, 4) is 5.75 Å². The van der Waals surface area contributed by atoms with E-state index in [0.717, 1.165) is 0 Å². The van der Waals surface area contributed by atoms with Gasteiger partial charge in [0.05, 0.1) is 0 Å². The highest BCUT2D eigenvalue weighted by Gasteiger charge is 2.34. The molecular weight excluding hydrogens is 205 g/mol. The van der Waals surface area contributed by atoms with E-state index in [4.69, 9.17) is 5.11 Å². The highest BCUT2D eigenvalue weighted by Crippen LogP contribution is 2.33. The Labute approximate surface area is 75.0 Å². The zero-order valence-corrected chi connectivity index (χ0v) is 6.45. The SMILES string of the molecule is O=[N+]([O-])c1ncc(C(F)(F)F)cc1O. The van der Waals surface area contributed by atoms with E-state index in [1.807, 2.05) is 0 Å². The molecule has 1 heterocycles. The first-order valence-electron chi connectivity index (χ1n) is 3.23. The van der Waals surface area contributed by atoms with Gasteiger partial charge in [-0.15, -0.1) is 0 Å². The molecule has 0 saturated heterocycles. The van der Waals surface area contributed by atoms with Crippen molar-refractivity contribution in [1.82, 2.24) is 4.98 Å². The zero-order valence-electron chi connectivity index (χ0n) is 6.45. The topological polar surface area (TPSA) is 76.3 Å². The fourth-order valence-electron chi connectivity index (χ4n) is 0.742. The van der Waals surface area contributed by atoms with Gasteiger partial charge in [0.25, 0.3) is 0 Å². The number of aromatic hydroxyl groups is 1. The van der Waals surface area contributed by atoms with Crippen LogP contribution in [0.2, 0.25) is 0 Å². The van der Waals surface area contributed by atoms with Crippen LogP contribution in [0.15, 0.2) is 12.3 Å². The highest BCUT2D eigenvalue weighted by molar-refractivity contribution is 5.40. The first kappa shape index (κ1) is 10.2. The first-order chi connectivity index (χ1) is 6.32. The van der Waals surface area contributed by atoms with Crippen LogP contribution < -0.4 is 0 Å². The summed E-state index contributed by atoms with van der Waals surface area (Å²) in [4.78, 5) is 11.9. The summed E-state index contributed by atoms with van der Waals surface area (Å²) in [6.45, 7) is 0. The molecular formula is C6H3F3N2O3. The largest absolute Gasteiger partial charge is 0.501 e. The number of hydrogen-bond acceptors (Lipinski definition) is 4. The minimum atomic E-state index is -4.68. The number of nitro groups is 1. The molecule has 0 amide bonds. The molecule has 0 unspecified atom stereocenters. The number of rotatable bonds is 1. The monoisotopic (exact) mass is 208 g/mol. The average molecular weight is 208 g/mol. The summed E-state index contributed by atoms with van der Waals surface area (Å²) in [5.74, 6) is -2.11. The average Bonchev–Trinajstić information content (AvgIpc) is 2.01. The molecule has 0 spiro atoms. The Balaban J connectivity index is 3.20. The van der Waals surface area contributed by atoms with Crippen LogP contribution in [0.4, 0.5) is 19.0 Å². The van der Waals surface area contributed by atoms with Crippen LogP contribution in [0, 0.1) is 10.1 Å². The van der Waals surface area contributed by atoms with E-state index in [-0.39, 0.29) is 12.3 Å². The summed E-state index contributed by atoms with van der Waals surface area (Å²) in [5.41, 5.74) is -1.24. The maximum Gasteiger partial charge on any atom is 0.420 e. The fraction of sp³-hybridized carbons (Fsp3) is 0.167. The molecule has 1 rings (SSSR count). The maximum absolute atomic E-state index is 12.0.